The first-order valence-electron chi connectivity index (χ1n) is 7.92. The molecule has 23 heavy (non-hydrogen) atoms. The fourth-order valence-corrected chi connectivity index (χ4v) is 3.88. The van der Waals surface area contributed by atoms with Crippen molar-refractivity contribution >= 4 is 22.5 Å². The molecular formula is C17H17F2N3S. The fraction of sp³-hybridized carbons (Fsp3) is 0.412. The van der Waals surface area contributed by atoms with Crippen LogP contribution in [0.4, 0.5) is 13.9 Å². The molecule has 0 spiro atoms. The molecule has 2 aromatic rings. The monoisotopic (exact) mass is 333 g/mol. The third kappa shape index (κ3) is 3.27. The second-order valence-corrected chi connectivity index (χ2v) is 7.15. The zero-order valence-electron chi connectivity index (χ0n) is 12.6. The summed E-state index contributed by atoms with van der Waals surface area (Å²) in [5, 5.41) is 10.8. The van der Waals surface area contributed by atoms with Crippen LogP contribution in [0.2, 0.25) is 0 Å². The summed E-state index contributed by atoms with van der Waals surface area (Å²) in [5.41, 5.74) is 1.98. The Morgan fingerprint density at radius 3 is 2.57 bits per heavy atom. The van der Waals surface area contributed by atoms with Gasteiger partial charge in [-0.05, 0) is 43.4 Å². The summed E-state index contributed by atoms with van der Waals surface area (Å²) in [5.74, 6) is -0.946. The molecule has 3 nitrogen and oxygen atoms in total. The summed E-state index contributed by atoms with van der Waals surface area (Å²) < 4.78 is 26.2. The van der Waals surface area contributed by atoms with Crippen LogP contribution in [0, 0.1) is 11.6 Å². The highest BCUT2D eigenvalue weighted by Gasteiger charge is 2.28. The Balaban J connectivity index is 1.41. The summed E-state index contributed by atoms with van der Waals surface area (Å²) in [6, 6.07) is 4.04. The highest BCUT2D eigenvalue weighted by atomic mass is 32.1. The van der Waals surface area contributed by atoms with E-state index in [-0.39, 0.29) is 0 Å². The van der Waals surface area contributed by atoms with Crippen molar-refractivity contribution in [2.75, 3.05) is 18.0 Å². The van der Waals surface area contributed by atoms with E-state index in [1.165, 1.54) is 35.6 Å². The molecule has 0 atom stereocenters. The van der Waals surface area contributed by atoms with E-state index in [0.29, 0.717) is 5.92 Å². The number of piperidine rings is 1. The minimum absolute atomic E-state index is 0.648. The Hall–Kier alpha value is -1.82. The summed E-state index contributed by atoms with van der Waals surface area (Å²) in [4.78, 5) is 2.27. The van der Waals surface area contributed by atoms with Crippen molar-refractivity contribution in [1.82, 2.24) is 10.2 Å². The Labute approximate surface area is 137 Å². The van der Waals surface area contributed by atoms with Gasteiger partial charge in [0.15, 0.2) is 11.6 Å². The zero-order chi connectivity index (χ0) is 15.8. The maximum Gasteiger partial charge on any atom is 0.208 e. The summed E-state index contributed by atoms with van der Waals surface area (Å²) in [7, 11) is 0. The van der Waals surface area contributed by atoms with Crippen molar-refractivity contribution in [3.63, 3.8) is 0 Å². The quantitative estimate of drug-likeness (QED) is 0.835. The molecule has 2 aliphatic rings. The van der Waals surface area contributed by atoms with E-state index in [4.69, 9.17) is 0 Å². The lowest BCUT2D eigenvalue weighted by Crippen LogP contribution is -2.30. The van der Waals surface area contributed by atoms with Crippen LogP contribution in [0.3, 0.4) is 0 Å². The number of halogens is 2. The highest BCUT2D eigenvalue weighted by Crippen LogP contribution is 2.42. The number of benzene rings is 1. The van der Waals surface area contributed by atoms with Gasteiger partial charge in [-0.1, -0.05) is 29.1 Å². The maximum atomic E-state index is 13.3. The van der Waals surface area contributed by atoms with Crippen LogP contribution in [0.25, 0.3) is 6.08 Å². The highest BCUT2D eigenvalue weighted by molar-refractivity contribution is 7.15. The second kappa shape index (κ2) is 6.00. The van der Waals surface area contributed by atoms with Crippen molar-refractivity contribution in [2.24, 2.45) is 0 Å². The molecule has 2 heterocycles. The predicted molar refractivity (Wildman–Crippen MR) is 87.7 cm³/mol. The molecule has 0 bridgehead atoms. The Kier molecular flexibility index (Phi) is 3.85. The lowest BCUT2D eigenvalue weighted by Gasteiger charge is -2.27. The van der Waals surface area contributed by atoms with Gasteiger partial charge in [-0.2, -0.15) is 0 Å². The number of rotatable bonds is 3. The van der Waals surface area contributed by atoms with Gasteiger partial charge in [-0.3, -0.25) is 0 Å². The van der Waals surface area contributed by atoms with Crippen LogP contribution in [0.5, 0.6) is 0 Å². The van der Waals surface area contributed by atoms with Gasteiger partial charge in [0.2, 0.25) is 5.13 Å². The number of hydrogen-bond donors (Lipinski definition) is 0. The normalized spacial score (nSPS) is 18.3. The molecule has 0 radical (unpaired) electrons. The van der Waals surface area contributed by atoms with Gasteiger partial charge < -0.3 is 4.90 Å². The first kappa shape index (κ1) is 14.8. The average Bonchev–Trinajstić information content (AvgIpc) is 3.29. The standard InChI is InChI=1S/C17H17F2N3S/c18-14-4-1-12(10-15(14)19)9-11-5-7-22(8-6-11)17-21-20-16(23-17)13-2-3-13/h1,4,9-10,13H,2-3,5-8H2. The molecule has 120 valence electrons. The number of aromatic nitrogens is 2. The molecular weight excluding hydrogens is 316 g/mol. The van der Waals surface area contributed by atoms with Crippen molar-refractivity contribution in [3.8, 4) is 0 Å². The van der Waals surface area contributed by atoms with Gasteiger partial charge in [-0.25, -0.2) is 8.78 Å². The Morgan fingerprint density at radius 2 is 1.87 bits per heavy atom. The lowest BCUT2D eigenvalue weighted by molar-refractivity contribution is 0.508. The molecule has 2 fully saturated rings. The Morgan fingerprint density at radius 1 is 1.09 bits per heavy atom. The van der Waals surface area contributed by atoms with E-state index in [0.717, 1.165) is 36.6 Å². The molecule has 1 aliphatic carbocycles. The van der Waals surface area contributed by atoms with Crippen molar-refractivity contribution in [1.29, 1.82) is 0 Å². The van der Waals surface area contributed by atoms with Crippen LogP contribution < -0.4 is 4.90 Å². The molecule has 0 unspecified atom stereocenters. The van der Waals surface area contributed by atoms with Crippen LogP contribution >= 0.6 is 11.3 Å². The predicted octanol–water partition coefficient (Wildman–Crippen LogP) is 4.38. The molecule has 1 saturated heterocycles. The molecule has 0 amide bonds. The first-order valence-corrected chi connectivity index (χ1v) is 8.73. The second-order valence-electron chi connectivity index (χ2n) is 6.16. The zero-order valence-corrected chi connectivity index (χ0v) is 13.5. The largest absolute Gasteiger partial charge is 0.346 e. The molecule has 1 aromatic heterocycles. The van der Waals surface area contributed by atoms with E-state index in [9.17, 15) is 8.78 Å². The third-order valence-electron chi connectivity index (χ3n) is 4.35. The van der Waals surface area contributed by atoms with Gasteiger partial charge in [0.1, 0.15) is 5.01 Å². The van der Waals surface area contributed by atoms with Gasteiger partial charge in [0.05, 0.1) is 0 Å². The van der Waals surface area contributed by atoms with E-state index in [1.54, 1.807) is 17.4 Å². The van der Waals surface area contributed by atoms with Crippen molar-refractivity contribution in [3.05, 3.63) is 46.0 Å². The van der Waals surface area contributed by atoms with E-state index in [1.807, 2.05) is 6.08 Å². The number of hydrogen-bond acceptors (Lipinski definition) is 4. The van der Waals surface area contributed by atoms with Gasteiger partial charge in [0, 0.05) is 19.0 Å². The smallest absolute Gasteiger partial charge is 0.208 e. The third-order valence-corrected chi connectivity index (χ3v) is 5.49. The first-order chi connectivity index (χ1) is 11.2. The van der Waals surface area contributed by atoms with Gasteiger partial charge in [0.25, 0.3) is 0 Å². The molecule has 4 rings (SSSR count). The molecule has 1 aromatic carbocycles. The van der Waals surface area contributed by atoms with E-state index in [2.05, 4.69) is 15.1 Å². The van der Waals surface area contributed by atoms with Crippen molar-refractivity contribution < 1.29 is 8.78 Å². The van der Waals surface area contributed by atoms with Gasteiger partial charge >= 0.3 is 0 Å². The molecule has 6 heteroatoms. The minimum Gasteiger partial charge on any atom is -0.346 e. The number of anilines is 1. The molecule has 0 N–H and O–H groups in total. The summed E-state index contributed by atoms with van der Waals surface area (Å²) in [6.45, 7) is 1.80. The fourth-order valence-electron chi connectivity index (χ4n) is 2.82. The van der Waals surface area contributed by atoms with Crippen LogP contribution in [0.1, 0.15) is 42.2 Å². The van der Waals surface area contributed by atoms with Crippen LogP contribution in [-0.2, 0) is 0 Å². The minimum atomic E-state index is -0.801. The van der Waals surface area contributed by atoms with E-state index < -0.39 is 11.6 Å². The van der Waals surface area contributed by atoms with Crippen LogP contribution in [0.15, 0.2) is 23.8 Å². The van der Waals surface area contributed by atoms with E-state index >= 15 is 0 Å². The van der Waals surface area contributed by atoms with Crippen LogP contribution in [-0.4, -0.2) is 23.3 Å². The molecule has 1 aliphatic heterocycles. The summed E-state index contributed by atoms with van der Waals surface area (Å²) >= 11 is 1.71. The lowest BCUT2D eigenvalue weighted by atomic mass is 10.0. The number of nitrogens with zero attached hydrogens (tertiary/aromatic N) is 3. The topological polar surface area (TPSA) is 29.0 Å². The SMILES string of the molecule is Fc1ccc(C=C2CCN(c3nnc(C4CC4)s3)CC2)cc1F. The summed E-state index contributed by atoms with van der Waals surface area (Å²) in [6.07, 6.45) is 6.29. The Bertz CT molecular complexity index is 742. The van der Waals surface area contributed by atoms with Crippen molar-refractivity contribution in [2.45, 2.75) is 31.6 Å². The average molecular weight is 333 g/mol. The molecule has 1 saturated carbocycles. The maximum absolute atomic E-state index is 13.3. The van der Waals surface area contributed by atoms with Gasteiger partial charge in [-0.15, -0.1) is 10.2 Å².